The molecule has 0 radical (unpaired) electrons. The number of piperidine rings is 1. The highest BCUT2D eigenvalue weighted by Crippen LogP contribution is 2.27. The van der Waals surface area contributed by atoms with Crippen molar-refractivity contribution in [2.75, 3.05) is 13.1 Å². The Bertz CT molecular complexity index is 230. The minimum absolute atomic E-state index is 0.272. The van der Waals surface area contributed by atoms with Crippen LogP contribution in [-0.4, -0.2) is 36.1 Å². The van der Waals surface area contributed by atoms with Gasteiger partial charge in [-0.15, -0.1) is 0 Å². The first-order valence-corrected chi connectivity index (χ1v) is 5.95. The molecule has 0 unspecified atom stereocenters. The van der Waals surface area contributed by atoms with Gasteiger partial charge in [-0.05, 0) is 31.6 Å². The molecule has 4 heteroatoms. The molecule has 0 bridgehead atoms. The monoisotopic (exact) mass is 211 g/mol. The van der Waals surface area contributed by atoms with Gasteiger partial charge in [0.05, 0.1) is 0 Å². The van der Waals surface area contributed by atoms with Crippen molar-refractivity contribution < 1.29 is 4.79 Å². The molecule has 4 nitrogen and oxygen atoms in total. The van der Waals surface area contributed by atoms with E-state index in [-0.39, 0.29) is 6.03 Å². The Morgan fingerprint density at radius 1 is 1.27 bits per heavy atom. The maximum Gasteiger partial charge on any atom is 0.314 e. The minimum Gasteiger partial charge on any atom is -0.351 e. The van der Waals surface area contributed by atoms with Crippen LogP contribution in [0.2, 0.25) is 0 Å². The second-order valence-electron chi connectivity index (χ2n) is 5.04. The largest absolute Gasteiger partial charge is 0.351 e. The first-order valence-electron chi connectivity index (χ1n) is 5.95. The number of nitrogens with zero attached hydrogens (tertiary/aromatic N) is 1. The van der Waals surface area contributed by atoms with Crippen molar-refractivity contribution in [2.45, 2.75) is 44.7 Å². The number of primary amides is 1. The molecule has 0 aromatic heterocycles. The van der Waals surface area contributed by atoms with E-state index in [0.717, 1.165) is 37.9 Å². The topological polar surface area (TPSA) is 58.4 Å². The van der Waals surface area contributed by atoms with Crippen molar-refractivity contribution in [3.8, 4) is 0 Å². The number of hydrogen-bond acceptors (Lipinski definition) is 2. The average Bonchev–Trinajstić information content (AvgIpc) is 2.16. The van der Waals surface area contributed by atoms with E-state index in [2.05, 4.69) is 12.2 Å². The van der Waals surface area contributed by atoms with Crippen LogP contribution < -0.4 is 11.1 Å². The molecular weight excluding hydrogens is 190 g/mol. The lowest BCUT2D eigenvalue weighted by Gasteiger charge is -2.39. The molecule has 1 aliphatic heterocycles. The van der Waals surface area contributed by atoms with Gasteiger partial charge < -0.3 is 16.0 Å². The average molecular weight is 211 g/mol. The Morgan fingerprint density at radius 2 is 1.87 bits per heavy atom. The van der Waals surface area contributed by atoms with Crippen molar-refractivity contribution in [3.63, 3.8) is 0 Å². The molecule has 2 amide bonds. The van der Waals surface area contributed by atoms with Gasteiger partial charge >= 0.3 is 6.03 Å². The van der Waals surface area contributed by atoms with Crippen molar-refractivity contribution in [3.05, 3.63) is 0 Å². The third kappa shape index (κ3) is 2.62. The van der Waals surface area contributed by atoms with Crippen LogP contribution in [0.1, 0.15) is 32.6 Å². The standard InChI is InChI=1S/C11H21N3O/c1-8-6-10(7-8)13-9-2-4-14(5-3-9)11(12)15/h8-10,13H,2-7H2,1H3,(H2,12,15). The van der Waals surface area contributed by atoms with E-state index < -0.39 is 0 Å². The van der Waals surface area contributed by atoms with Crippen LogP contribution in [0.5, 0.6) is 0 Å². The van der Waals surface area contributed by atoms with Gasteiger partial charge in [-0.25, -0.2) is 4.79 Å². The molecule has 86 valence electrons. The SMILES string of the molecule is CC1CC(NC2CCN(C(N)=O)CC2)C1. The number of carbonyl (C=O) groups is 1. The molecule has 0 atom stereocenters. The second-order valence-corrected chi connectivity index (χ2v) is 5.04. The summed E-state index contributed by atoms with van der Waals surface area (Å²) in [5.74, 6) is 0.896. The zero-order valence-corrected chi connectivity index (χ0v) is 9.41. The van der Waals surface area contributed by atoms with Crippen LogP contribution in [0.25, 0.3) is 0 Å². The van der Waals surface area contributed by atoms with Crippen LogP contribution in [0.4, 0.5) is 4.79 Å². The molecule has 0 aromatic rings. The van der Waals surface area contributed by atoms with Crippen LogP contribution >= 0.6 is 0 Å². The summed E-state index contributed by atoms with van der Waals surface area (Å²) in [6.07, 6.45) is 4.73. The fraction of sp³-hybridized carbons (Fsp3) is 0.909. The lowest BCUT2D eigenvalue weighted by molar-refractivity contribution is 0.163. The molecule has 0 spiro atoms. The summed E-state index contributed by atoms with van der Waals surface area (Å²) in [5.41, 5.74) is 5.24. The van der Waals surface area contributed by atoms with Gasteiger partial charge in [0.15, 0.2) is 0 Å². The lowest BCUT2D eigenvalue weighted by Crippen LogP contribution is -2.51. The molecule has 2 rings (SSSR count). The molecular formula is C11H21N3O. The van der Waals surface area contributed by atoms with E-state index >= 15 is 0 Å². The van der Waals surface area contributed by atoms with Crippen LogP contribution in [-0.2, 0) is 0 Å². The van der Waals surface area contributed by atoms with Gasteiger partial charge in [0.2, 0.25) is 0 Å². The summed E-state index contributed by atoms with van der Waals surface area (Å²) in [6.45, 7) is 3.93. The number of nitrogens with two attached hydrogens (primary N) is 1. The summed E-state index contributed by atoms with van der Waals surface area (Å²) in [5, 5.41) is 3.67. The van der Waals surface area contributed by atoms with E-state index in [0.29, 0.717) is 6.04 Å². The Hall–Kier alpha value is -0.770. The van der Waals surface area contributed by atoms with Crippen molar-refractivity contribution in [2.24, 2.45) is 11.7 Å². The van der Waals surface area contributed by atoms with E-state index in [1.807, 2.05) is 0 Å². The molecule has 1 saturated carbocycles. The highest BCUT2D eigenvalue weighted by Gasteiger charge is 2.29. The maximum atomic E-state index is 10.9. The van der Waals surface area contributed by atoms with Crippen molar-refractivity contribution >= 4 is 6.03 Å². The van der Waals surface area contributed by atoms with Gasteiger partial charge in [-0.1, -0.05) is 6.92 Å². The fourth-order valence-electron chi connectivity index (χ4n) is 2.64. The van der Waals surface area contributed by atoms with Crippen LogP contribution in [0.3, 0.4) is 0 Å². The highest BCUT2D eigenvalue weighted by molar-refractivity contribution is 5.72. The molecule has 2 fully saturated rings. The summed E-state index contributed by atoms with van der Waals surface area (Å²) in [4.78, 5) is 12.7. The van der Waals surface area contributed by atoms with E-state index in [9.17, 15) is 4.79 Å². The number of nitrogens with one attached hydrogen (secondary N) is 1. The van der Waals surface area contributed by atoms with Crippen molar-refractivity contribution in [1.82, 2.24) is 10.2 Å². The Kier molecular flexibility index (Phi) is 3.14. The lowest BCUT2D eigenvalue weighted by atomic mass is 9.81. The third-order valence-electron chi connectivity index (χ3n) is 3.65. The highest BCUT2D eigenvalue weighted by atomic mass is 16.2. The van der Waals surface area contributed by atoms with Crippen LogP contribution in [0, 0.1) is 5.92 Å². The van der Waals surface area contributed by atoms with E-state index in [1.54, 1.807) is 4.90 Å². The van der Waals surface area contributed by atoms with Crippen LogP contribution in [0.15, 0.2) is 0 Å². The van der Waals surface area contributed by atoms with Gasteiger partial charge in [-0.2, -0.15) is 0 Å². The number of likely N-dealkylation sites (tertiary alicyclic amines) is 1. The predicted octanol–water partition coefficient (Wildman–Crippen LogP) is 0.918. The molecule has 0 aromatic carbocycles. The zero-order valence-electron chi connectivity index (χ0n) is 9.41. The van der Waals surface area contributed by atoms with Gasteiger partial charge in [0.1, 0.15) is 0 Å². The number of amides is 2. The number of rotatable bonds is 2. The Labute approximate surface area is 91.2 Å². The number of carbonyl (C=O) groups excluding carboxylic acids is 1. The van der Waals surface area contributed by atoms with Crippen molar-refractivity contribution in [1.29, 1.82) is 0 Å². The first-order chi connectivity index (χ1) is 7.15. The number of urea groups is 1. The zero-order chi connectivity index (χ0) is 10.8. The van der Waals surface area contributed by atoms with Gasteiger partial charge in [-0.3, -0.25) is 0 Å². The van der Waals surface area contributed by atoms with Gasteiger partial charge in [0.25, 0.3) is 0 Å². The fourth-order valence-corrected chi connectivity index (χ4v) is 2.64. The summed E-state index contributed by atoms with van der Waals surface area (Å²) < 4.78 is 0. The molecule has 15 heavy (non-hydrogen) atoms. The van der Waals surface area contributed by atoms with E-state index in [4.69, 9.17) is 5.73 Å². The normalized spacial score (nSPS) is 32.5. The Balaban J connectivity index is 1.67. The molecule has 3 N–H and O–H groups in total. The predicted molar refractivity (Wildman–Crippen MR) is 59.5 cm³/mol. The minimum atomic E-state index is -0.272. The molecule has 1 aliphatic carbocycles. The molecule has 1 heterocycles. The number of hydrogen-bond donors (Lipinski definition) is 2. The summed E-state index contributed by atoms with van der Waals surface area (Å²) >= 11 is 0. The third-order valence-corrected chi connectivity index (χ3v) is 3.65. The summed E-state index contributed by atoms with van der Waals surface area (Å²) in [6, 6.07) is 1.05. The smallest absolute Gasteiger partial charge is 0.314 e. The first kappa shape index (κ1) is 10.7. The summed E-state index contributed by atoms with van der Waals surface area (Å²) in [7, 11) is 0. The molecule has 1 saturated heterocycles. The quantitative estimate of drug-likeness (QED) is 0.713. The molecule has 2 aliphatic rings. The Morgan fingerprint density at radius 3 is 2.33 bits per heavy atom. The maximum absolute atomic E-state index is 10.9. The van der Waals surface area contributed by atoms with E-state index in [1.165, 1.54) is 12.8 Å². The second kappa shape index (κ2) is 4.39. The van der Waals surface area contributed by atoms with Gasteiger partial charge in [0, 0.05) is 25.2 Å².